The molecule has 39 heavy (non-hydrogen) atoms. The van der Waals surface area contributed by atoms with E-state index in [1.807, 2.05) is 0 Å². The molecule has 4 aromatic rings. The van der Waals surface area contributed by atoms with Gasteiger partial charge in [0.2, 0.25) is 11.8 Å². The van der Waals surface area contributed by atoms with Gasteiger partial charge < -0.3 is 15.5 Å². The second-order valence-corrected chi connectivity index (χ2v) is 8.54. The molecule has 0 bridgehead atoms. The smallest absolute Gasteiger partial charge is 0.416 e. The molecule has 0 aromatic carbocycles. The summed E-state index contributed by atoms with van der Waals surface area (Å²) in [6.45, 7) is 0.282. The lowest BCUT2D eigenvalue weighted by Gasteiger charge is -2.19. The van der Waals surface area contributed by atoms with Crippen LogP contribution in [-0.2, 0) is 22.9 Å². The third kappa shape index (κ3) is 4.07. The first-order valence-electron chi connectivity index (χ1n) is 10.7. The molecule has 0 radical (unpaired) electrons. The second-order valence-electron chi connectivity index (χ2n) is 8.54. The lowest BCUT2D eigenvalue weighted by atomic mass is 9.84. The standard InChI is InChI=1S/C20H13F8N9O2/c1-17(15-34-35-16(39-15)19(23,24)25)8-10(29)31-12(32-11(8)33-14(17)38)9-7-3-2-5-30-13(7)37(36-9)6-4-18(21,22)20(26,27)28/h2-3,5H,4,6H2,1H3,(H3,29,31,32,33,38). The first-order valence-corrected chi connectivity index (χ1v) is 10.7. The van der Waals surface area contributed by atoms with Crippen LogP contribution in [0.2, 0.25) is 0 Å². The molecule has 0 saturated heterocycles. The predicted molar refractivity (Wildman–Crippen MR) is 113 cm³/mol. The van der Waals surface area contributed by atoms with E-state index in [2.05, 4.69) is 40.0 Å². The zero-order chi connectivity index (χ0) is 28.5. The normalized spacial score (nSPS) is 18.0. The maximum absolute atomic E-state index is 13.5. The van der Waals surface area contributed by atoms with Gasteiger partial charge in [-0.05, 0) is 19.1 Å². The van der Waals surface area contributed by atoms with Crippen LogP contribution in [0.25, 0.3) is 22.6 Å². The zero-order valence-electron chi connectivity index (χ0n) is 19.2. The van der Waals surface area contributed by atoms with Crippen LogP contribution in [0.1, 0.15) is 30.7 Å². The average Bonchev–Trinajstić information content (AvgIpc) is 3.53. The number of hydrogen-bond acceptors (Lipinski definition) is 9. The van der Waals surface area contributed by atoms with Gasteiger partial charge in [0.05, 0.1) is 10.9 Å². The van der Waals surface area contributed by atoms with E-state index in [0.717, 1.165) is 11.6 Å². The summed E-state index contributed by atoms with van der Waals surface area (Å²) in [7, 11) is 0. The number of carbonyl (C=O) groups excluding carboxylic acids is 1. The molecule has 1 amide bonds. The number of pyridine rings is 1. The molecule has 0 aliphatic carbocycles. The predicted octanol–water partition coefficient (Wildman–Crippen LogP) is 3.72. The van der Waals surface area contributed by atoms with Crippen LogP contribution in [-0.4, -0.2) is 52.9 Å². The van der Waals surface area contributed by atoms with Crippen LogP contribution < -0.4 is 11.1 Å². The summed E-state index contributed by atoms with van der Waals surface area (Å²) in [4.78, 5) is 25.1. The summed E-state index contributed by atoms with van der Waals surface area (Å²) < 4.78 is 109. The van der Waals surface area contributed by atoms with Gasteiger partial charge in [-0.25, -0.2) is 19.6 Å². The van der Waals surface area contributed by atoms with E-state index in [0.29, 0.717) is 0 Å². The molecule has 1 atom stereocenters. The van der Waals surface area contributed by atoms with Gasteiger partial charge in [-0.1, -0.05) is 0 Å². The second kappa shape index (κ2) is 8.27. The van der Waals surface area contributed by atoms with E-state index in [9.17, 15) is 39.9 Å². The molecule has 0 fully saturated rings. The Morgan fingerprint density at radius 1 is 1.10 bits per heavy atom. The summed E-state index contributed by atoms with van der Waals surface area (Å²) in [5.41, 5.74) is 3.68. The number of nitrogen functional groups attached to an aromatic ring is 1. The third-order valence-electron chi connectivity index (χ3n) is 5.99. The van der Waals surface area contributed by atoms with Gasteiger partial charge in [-0.15, -0.1) is 10.2 Å². The lowest BCUT2D eigenvalue weighted by molar-refractivity contribution is -0.285. The number of nitrogens with one attached hydrogen (secondary N) is 1. The van der Waals surface area contributed by atoms with Gasteiger partial charge >= 0.3 is 24.2 Å². The topological polar surface area (TPSA) is 151 Å². The monoisotopic (exact) mass is 563 g/mol. The number of amides is 1. The summed E-state index contributed by atoms with van der Waals surface area (Å²) in [6, 6.07) is 2.86. The molecule has 4 aromatic heterocycles. The SMILES string of the molecule is CC1(c2nnc(C(F)(F)F)o2)C(=O)Nc2nc(-c3nn(CCC(F)(F)C(F)(F)F)c4ncccc34)nc(N)c21. The average molecular weight is 563 g/mol. The Balaban J connectivity index is 1.57. The maximum Gasteiger partial charge on any atom is 0.470 e. The van der Waals surface area contributed by atoms with E-state index >= 15 is 0 Å². The van der Waals surface area contributed by atoms with Crippen molar-refractivity contribution in [1.82, 2.24) is 34.9 Å². The first-order chi connectivity index (χ1) is 18.0. The van der Waals surface area contributed by atoms with Gasteiger partial charge in [0.1, 0.15) is 17.3 Å². The van der Waals surface area contributed by atoms with E-state index in [1.165, 1.54) is 18.3 Å². The third-order valence-corrected chi connectivity index (χ3v) is 5.99. The van der Waals surface area contributed by atoms with Crippen molar-refractivity contribution in [2.45, 2.75) is 43.6 Å². The van der Waals surface area contributed by atoms with Crippen molar-refractivity contribution in [3.63, 3.8) is 0 Å². The molecule has 1 aliphatic heterocycles. The summed E-state index contributed by atoms with van der Waals surface area (Å²) in [5.74, 6) is -9.28. The minimum absolute atomic E-state index is 0.0624. The highest BCUT2D eigenvalue weighted by Crippen LogP contribution is 2.45. The summed E-state index contributed by atoms with van der Waals surface area (Å²) >= 11 is 0. The fourth-order valence-electron chi connectivity index (χ4n) is 3.98. The minimum Gasteiger partial charge on any atom is -0.416 e. The van der Waals surface area contributed by atoms with Crippen molar-refractivity contribution < 1.29 is 44.3 Å². The number of hydrogen-bond donors (Lipinski definition) is 2. The molecule has 206 valence electrons. The molecular weight excluding hydrogens is 550 g/mol. The van der Waals surface area contributed by atoms with Crippen LogP contribution in [0.15, 0.2) is 22.7 Å². The van der Waals surface area contributed by atoms with E-state index < -0.39 is 60.2 Å². The van der Waals surface area contributed by atoms with Crippen molar-refractivity contribution in [2.24, 2.45) is 0 Å². The fourth-order valence-corrected chi connectivity index (χ4v) is 3.98. The Bertz CT molecular complexity index is 1610. The minimum atomic E-state index is -5.77. The molecule has 1 unspecified atom stereocenters. The quantitative estimate of drug-likeness (QED) is 0.346. The van der Waals surface area contributed by atoms with Crippen LogP contribution in [0, 0.1) is 0 Å². The number of halogens is 8. The molecular formula is C20H13F8N9O2. The largest absolute Gasteiger partial charge is 0.470 e. The van der Waals surface area contributed by atoms with E-state index in [-0.39, 0.29) is 33.9 Å². The highest BCUT2D eigenvalue weighted by Gasteiger charge is 2.57. The van der Waals surface area contributed by atoms with Gasteiger partial charge in [-0.3, -0.25) is 4.79 Å². The number of alkyl halides is 8. The number of carbonyl (C=O) groups is 1. The molecule has 0 saturated carbocycles. The van der Waals surface area contributed by atoms with Crippen LogP contribution >= 0.6 is 0 Å². The number of nitrogens with zero attached hydrogens (tertiary/aromatic N) is 7. The Labute approximate surface area is 210 Å². The molecule has 3 N–H and O–H groups in total. The number of nitrogens with two attached hydrogens (primary N) is 1. The summed E-state index contributed by atoms with van der Waals surface area (Å²) in [5, 5.41) is 12.8. The van der Waals surface area contributed by atoms with Crippen molar-refractivity contribution in [1.29, 1.82) is 0 Å². The van der Waals surface area contributed by atoms with Crippen molar-refractivity contribution in [2.75, 3.05) is 11.1 Å². The lowest BCUT2D eigenvalue weighted by Crippen LogP contribution is -2.37. The maximum atomic E-state index is 13.5. The van der Waals surface area contributed by atoms with Crippen molar-refractivity contribution in [3.05, 3.63) is 35.7 Å². The van der Waals surface area contributed by atoms with Crippen LogP contribution in [0.5, 0.6) is 0 Å². The Hall–Kier alpha value is -4.45. The van der Waals surface area contributed by atoms with Crippen molar-refractivity contribution in [3.8, 4) is 11.5 Å². The molecule has 5 heterocycles. The van der Waals surface area contributed by atoms with Crippen molar-refractivity contribution >= 4 is 28.6 Å². The molecule has 1 aliphatic rings. The number of rotatable bonds is 5. The van der Waals surface area contributed by atoms with Crippen LogP contribution in [0.4, 0.5) is 46.8 Å². The number of anilines is 2. The first kappa shape index (κ1) is 26.2. The van der Waals surface area contributed by atoms with Gasteiger partial charge in [0.15, 0.2) is 16.9 Å². The number of aryl methyl sites for hydroxylation is 1. The highest BCUT2D eigenvalue weighted by molar-refractivity contribution is 6.08. The number of fused-ring (bicyclic) bond motifs is 2. The Kier molecular flexibility index (Phi) is 5.55. The molecule has 0 spiro atoms. The van der Waals surface area contributed by atoms with Crippen LogP contribution in [0.3, 0.4) is 0 Å². The summed E-state index contributed by atoms with van der Waals surface area (Å²) in [6.07, 6.45) is -11.1. The van der Waals surface area contributed by atoms with Gasteiger partial charge in [0, 0.05) is 19.2 Å². The fraction of sp³-hybridized carbons (Fsp3) is 0.350. The Morgan fingerprint density at radius 2 is 1.82 bits per heavy atom. The number of aromatic nitrogens is 7. The Morgan fingerprint density at radius 3 is 2.46 bits per heavy atom. The molecule has 19 heteroatoms. The zero-order valence-corrected chi connectivity index (χ0v) is 19.2. The highest BCUT2D eigenvalue weighted by atomic mass is 19.4. The van der Waals surface area contributed by atoms with E-state index in [1.54, 1.807) is 0 Å². The van der Waals surface area contributed by atoms with E-state index in [4.69, 9.17) is 5.73 Å². The molecule has 11 nitrogen and oxygen atoms in total. The van der Waals surface area contributed by atoms with Gasteiger partial charge in [0.25, 0.3) is 0 Å². The molecule has 5 rings (SSSR count). The van der Waals surface area contributed by atoms with Gasteiger partial charge in [-0.2, -0.15) is 40.2 Å².